The van der Waals surface area contributed by atoms with Crippen LogP contribution in [-0.2, 0) is 9.53 Å². The minimum atomic E-state index is -0.390. The molecular formula is C17H25NO5. The van der Waals surface area contributed by atoms with Crippen LogP contribution in [-0.4, -0.2) is 50.6 Å². The van der Waals surface area contributed by atoms with Gasteiger partial charge < -0.3 is 24.6 Å². The van der Waals surface area contributed by atoms with E-state index in [1.165, 1.54) is 0 Å². The number of aliphatic hydroxyl groups is 1. The predicted octanol–water partition coefficient (Wildman–Crippen LogP) is 1.37. The number of ether oxygens (including phenoxy) is 3. The maximum atomic E-state index is 11.8. The monoisotopic (exact) mass is 323 g/mol. The Labute approximate surface area is 136 Å². The fourth-order valence-corrected chi connectivity index (χ4v) is 2.59. The molecule has 1 aromatic carbocycles. The van der Waals surface area contributed by atoms with E-state index in [-0.39, 0.29) is 18.4 Å². The van der Waals surface area contributed by atoms with Crippen molar-refractivity contribution in [3.05, 3.63) is 24.3 Å². The Morgan fingerprint density at radius 2 is 2.13 bits per heavy atom. The Morgan fingerprint density at radius 1 is 1.39 bits per heavy atom. The number of carbonyl (C=O) groups excluding carboxylic acids is 1. The number of hydrogen-bond acceptors (Lipinski definition) is 5. The van der Waals surface area contributed by atoms with Crippen LogP contribution >= 0.6 is 0 Å². The van der Waals surface area contributed by atoms with Gasteiger partial charge in [-0.2, -0.15) is 0 Å². The van der Waals surface area contributed by atoms with E-state index in [0.29, 0.717) is 37.7 Å². The molecule has 1 atom stereocenters. The summed E-state index contributed by atoms with van der Waals surface area (Å²) in [6.07, 6.45) is 1.93. The van der Waals surface area contributed by atoms with Crippen LogP contribution in [0.3, 0.4) is 0 Å². The summed E-state index contributed by atoms with van der Waals surface area (Å²) in [6.45, 7) is 1.81. The number of amides is 1. The second kappa shape index (κ2) is 9.37. The predicted molar refractivity (Wildman–Crippen MR) is 85.7 cm³/mol. The van der Waals surface area contributed by atoms with Crippen LogP contribution in [0, 0.1) is 5.92 Å². The molecule has 2 N–H and O–H groups in total. The van der Waals surface area contributed by atoms with Crippen LogP contribution in [0.1, 0.15) is 19.3 Å². The molecule has 0 radical (unpaired) electrons. The molecule has 2 rings (SSSR count). The van der Waals surface area contributed by atoms with Crippen molar-refractivity contribution in [1.29, 1.82) is 0 Å². The molecule has 1 saturated heterocycles. The molecule has 1 fully saturated rings. The van der Waals surface area contributed by atoms with Crippen molar-refractivity contribution >= 4 is 5.91 Å². The van der Waals surface area contributed by atoms with Gasteiger partial charge in [-0.05, 0) is 37.3 Å². The number of hydrogen-bond donors (Lipinski definition) is 2. The van der Waals surface area contributed by atoms with Gasteiger partial charge >= 0.3 is 0 Å². The number of benzene rings is 1. The van der Waals surface area contributed by atoms with Gasteiger partial charge in [-0.3, -0.25) is 4.79 Å². The normalized spacial score (nSPS) is 16.6. The second-order valence-corrected chi connectivity index (χ2v) is 5.62. The molecular weight excluding hydrogens is 298 g/mol. The lowest BCUT2D eigenvalue weighted by Crippen LogP contribution is -2.34. The van der Waals surface area contributed by atoms with Crippen molar-refractivity contribution in [2.45, 2.75) is 25.4 Å². The van der Waals surface area contributed by atoms with Gasteiger partial charge in [-0.15, -0.1) is 0 Å². The molecule has 128 valence electrons. The Hall–Kier alpha value is -1.79. The molecule has 0 unspecified atom stereocenters. The second-order valence-electron chi connectivity index (χ2n) is 5.62. The smallest absolute Gasteiger partial charge is 0.257 e. The van der Waals surface area contributed by atoms with Crippen LogP contribution in [0.4, 0.5) is 0 Å². The van der Waals surface area contributed by atoms with Crippen LogP contribution < -0.4 is 14.8 Å². The standard InChI is InChI=1S/C17H25NO5/c1-21-14-3-2-4-15(11-14)23-12-17(20)18-8-5-16(19)13-6-9-22-10-7-13/h2-4,11,13,16,19H,5-10,12H2,1H3,(H,18,20)/t16-/m1/s1. The van der Waals surface area contributed by atoms with Gasteiger partial charge in [0, 0.05) is 25.8 Å². The zero-order valence-corrected chi connectivity index (χ0v) is 13.5. The minimum absolute atomic E-state index is 0.0550. The summed E-state index contributed by atoms with van der Waals surface area (Å²) in [5, 5.41) is 12.9. The Bertz CT molecular complexity index is 488. The highest BCUT2D eigenvalue weighted by atomic mass is 16.5. The van der Waals surface area contributed by atoms with Crippen molar-refractivity contribution in [2.75, 3.05) is 33.5 Å². The van der Waals surface area contributed by atoms with Crippen molar-refractivity contribution in [2.24, 2.45) is 5.92 Å². The van der Waals surface area contributed by atoms with Crippen LogP contribution in [0.2, 0.25) is 0 Å². The SMILES string of the molecule is COc1cccc(OCC(=O)NCC[C@@H](O)C2CCOCC2)c1. The lowest BCUT2D eigenvalue weighted by Gasteiger charge is -2.26. The van der Waals surface area contributed by atoms with Crippen LogP contribution in [0.15, 0.2) is 24.3 Å². The lowest BCUT2D eigenvalue weighted by molar-refractivity contribution is -0.123. The largest absolute Gasteiger partial charge is 0.497 e. The quantitative estimate of drug-likeness (QED) is 0.755. The fraction of sp³-hybridized carbons (Fsp3) is 0.588. The van der Waals surface area contributed by atoms with Crippen LogP contribution in [0.25, 0.3) is 0 Å². The van der Waals surface area contributed by atoms with E-state index in [1.54, 1.807) is 25.3 Å². The van der Waals surface area contributed by atoms with E-state index >= 15 is 0 Å². The Kier molecular flexibility index (Phi) is 7.16. The van der Waals surface area contributed by atoms with Crippen molar-refractivity contribution < 1.29 is 24.1 Å². The Balaban J connectivity index is 1.62. The molecule has 1 aliphatic heterocycles. The summed E-state index contributed by atoms with van der Waals surface area (Å²) < 4.78 is 15.8. The number of nitrogens with one attached hydrogen (secondary N) is 1. The first-order valence-electron chi connectivity index (χ1n) is 7.98. The molecule has 6 nitrogen and oxygen atoms in total. The molecule has 1 amide bonds. The molecule has 0 saturated carbocycles. The van der Waals surface area contributed by atoms with E-state index in [9.17, 15) is 9.90 Å². The van der Waals surface area contributed by atoms with Gasteiger partial charge in [-0.25, -0.2) is 0 Å². The first-order chi connectivity index (χ1) is 11.2. The van der Waals surface area contributed by atoms with Crippen LogP contribution in [0.5, 0.6) is 11.5 Å². The molecule has 0 aliphatic carbocycles. The summed E-state index contributed by atoms with van der Waals surface area (Å²) in [5.74, 6) is 1.34. The molecule has 0 bridgehead atoms. The van der Waals surface area contributed by atoms with E-state index < -0.39 is 6.10 Å². The number of carbonyl (C=O) groups is 1. The summed E-state index contributed by atoms with van der Waals surface area (Å²) in [5.41, 5.74) is 0. The molecule has 6 heteroatoms. The summed E-state index contributed by atoms with van der Waals surface area (Å²) in [7, 11) is 1.58. The molecule has 23 heavy (non-hydrogen) atoms. The first kappa shape index (κ1) is 17.6. The summed E-state index contributed by atoms with van der Waals surface area (Å²) in [6, 6.07) is 7.10. The maximum Gasteiger partial charge on any atom is 0.257 e. The maximum absolute atomic E-state index is 11.8. The lowest BCUT2D eigenvalue weighted by atomic mass is 9.92. The van der Waals surface area contributed by atoms with Gasteiger partial charge in [-0.1, -0.05) is 6.07 Å². The number of methoxy groups -OCH3 is 1. The van der Waals surface area contributed by atoms with E-state index in [1.807, 2.05) is 6.07 Å². The van der Waals surface area contributed by atoms with Crippen molar-refractivity contribution in [3.63, 3.8) is 0 Å². The molecule has 1 aromatic rings. The topological polar surface area (TPSA) is 77.0 Å². The van der Waals surface area contributed by atoms with Crippen molar-refractivity contribution in [3.8, 4) is 11.5 Å². The molecule has 1 heterocycles. The van der Waals surface area contributed by atoms with Crippen molar-refractivity contribution in [1.82, 2.24) is 5.32 Å². The average Bonchev–Trinajstić information content (AvgIpc) is 2.61. The highest BCUT2D eigenvalue weighted by Crippen LogP contribution is 2.20. The number of aliphatic hydroxyl groups excluding tert-OH is 1. The zero-order valence-electron chi connectivity index (χ0n) is 13.5. The van der Waals surface area contributed by atoms with E-state index in [4.69, 9.17) is 14.2 Å². The summed E-state index contributed by atoms with van der Waals surface area (Å²) in [4.78, 5) is 11.8. The van der Waals surface area contributed by atoms with Gasteiger partial charge in [0.25, 0.3) is 5.91 Å². The molecule has 0 aromatic heterocycles. The van der Waals surface area contributed by atoms with Gasteiger partial charge in [0.1, 0.15) is 11.5 Å². The first-order valence-corrected chi connectivity index (χ1v) is 7.98. The third kappa shape index (κ3) is 6.08. The van der Waals surface area contributed by atoms with E-state index in [0.717, 1.165) is 12.8 Å². The third-order valence-corrected chi connectivity index (χ3v) is 3.98. The Morgan fingerprint density at radius 3 is 2.87 bits per heavy atom. The summed E-state index contributed by atoms with van der Waals surface area (Å²) >= 11 is 0. The van der Waals surface area contributed by atoms with Gasteiger partial charge in [0.05, 0.1) is 13.2 Å². The number of rotatable bonds is 8. The molecule has 1 aliphatic rings. The third-order valence-electron chi connectivity index (χ3n) is 3.98. The highest BCUT2D eigenvalue weighted by molar-refractivity contribution is 5.77. The zero-order chi connectivity index (χ0) is 16.5. The van der Waals surface area contributed by atoms with Gasteiger partial charge in [0.15, 0.2) is 6.61 Å². The fourth-order valence-electron chi connectivity index (χ4n) is 2.59. The van der Waals surface area contributed by atoms with E-state index in [2.05, 4.69) is 5.32 Å². The highest BCUT2D eigenvalue weighted by Gasteiger charge is 2.21. The average molecular weight is 323 g/mol. The van der Waals surface area contributed by atoms with Gasteiger partial charge in [0.2, 0.25) is 0 Å². The molecule has 0 spiro atoms. The minimum Gasteiger partial charge on any atom is -0.497 e.